The molecule has 0 aromatic heterocycles. The molecule has 4 aromatic rings. The summed E-state index contributed by atoms with van der Waals surface area (Å²) in [5, 5.41) is 5.98. The summed E-state index contributed by atoms with van der Waals surface area (Å²) in [5.74, 6) is -0.684. The molecule has 1 aliphatic heterocycles. The van der Waals surface area contributed by atoms with Crippen molar-refractivity contribution in [2.24, 2.45) is 0 Å². The zero-order valence-corrected chi connectivity index (χ0v) is 22.3. The van der Waals surface area contributed by atoms with E-state index in [9.17, 15) is 9.59 Å². The van der Waals surface area contributed by atoms with Crippen LogP contribution in [0.4, 0.5) is 0 Å². The van der Waals surface area contributed by atoms with Crippen LogP contribution >= 0.6 is 11.6 Å². The van der Waals surface area contributed by atoms with Gasteiger partial charge in [0.2, 0.25) is 0 Å². The van der Waals surface area contributed by atoms with Crippen molar-refractivity contribution in [1.29, 1.82) is 0 Å². The van der Waals surface area contributed by atoms with Crippen molar-refractivity contribution in [3.8, 4) is 5.75 Å². The molecule has 39 heavy (non-hydrogen) atoms. The molecule has 2 aliphatic rings. The largest absolute Gasteiger partial charge is 0.487 e. The Morgan fingerprint density at radius 1 is 0.949 bits per heavy atom. The van der Waals surface area contributed by atoms with Gasteiger partial charge in [-0.25, -0.2) is 4.79 Å². The van der Waals surface area contributed by atoms with E-state index in [-0.39, 0.29) is 12.4 Å². The van der Waals surface area contributed by atoms with Crippen LogP contribution < -0.4 is 10.1 Å². The van der Waals surface area contributed by atoms with E-state index in [1.807, 2.05) is 61.5 Å². The number of fused-ring (bicyclic) bond motifs is 3. The number of dihydropyridines is 1. The Morgan fingerprint density at radius 3 is 2.49 bits per heavy atom. The van der Waals surface area contributed by atoms with Crippen LogP contribution in [0, 0.1) is 0 Å². The molecule has 0 spiro atoms. The van der Waals surface area contributed by atoms with Gasteiger partial charge in [-0.15, -0.1) is 0 Å². The number of esters is 1. The Kier molecular flexibility index (Phi) is 6.45. The van der Waals surface area contributed by atoms with Crippen molar-refractivity contribution < 1.29 is 19.1 Å². The van der Waals surface area contributed by atoms with Crippen LogP contribution in [-0.2, 0) is 16.1 Å². The molecular formula is C33H26ClNO4. The molecule has 194 valence electrons. The van der Waals surface area contributed by atoms with Crippen molar-refractivity contribution >= 4 is 39.8 Å². The van der Waals surface area contributed by atoms with Crippen LogP contribution in [0.3, 0.4) is 0 Å². The number of allylic oxidation sites excluding steroid dienone is 2. The lowest BCUT2D eigenvalue weighted by molar-refractivity contribution is -0.138. The van der Waals surface area contributed by atoms with Crippen molar-refractivity contribution in [3.05, 3.63) is 129 Å². The number of ketones is 1. The Hall–Kier alpha value is -4.35. The number of hydrogen-bond donors (Lipinski definition) is 1. The van der Waals surface area contributed by atoms with Gasteiger partial charge in [0.15, 0.2) is 5.78 Å². The van der Waals surface area contributed by atoms with Crippen LogP contribution in [-0.4, -0.2) is 18.4 Å². The number of Topliss-reactive ketones (excluding diaryl/α,β-unsaturated/α-hetero) is 1. The maximum absolute atomic E-state index is 13.6. The maximum Gasteiger partial charge on any atom is 0.336 e. The lowest BCUT2D eigenvalue weighted by atomic mass is 9.80. The van der Waals surface area contributed by atoms with Crippen molar-refractivity contribution in [3.63, 3.8) is 0 Å². The Bertz CT molecular complexity index is 1710. The molecule has 4 aromatic carbocycles. The molecular weight excluding hydrogens is 510 g/mol. The molecule has 0 saturated heterocycles. The third-order valence-corrected chi connectivity index (χ3v) is 7.59. The second-order valence-corrected chi connectivity index (χ2v) is 10.0. The summed E-state index contributed by atoms with van der Waals surface area (Å²) in [7, 11) is 0. The van der Waals surface area contributed by atoms with E-state index in [2.05, 4.69) is 23.5 Å². The number of nitrogens with one attached hydrogen (secondary N) is 1. The van der Waals surface area contributed by atoms with Crippen LogP contribution in [0.5, 0.6) is 5.75 Å². The third-order valence-electron chi connectivity index (χ3n) is 7.30. The lowest BCUT2D eigenvalue weighted by Gasteiger charge is -2.29. The predicted octanol–water partition coefficient (Wildman–Crippen LogP) is 7.20. The van der Waals surface area contributed by atoms with Crippen LogP contribution in [0.15, 0.2) is 102 Å². The van der Waals surface area contributed by atoms with E-state index < -0.39 is 11.9 Å². The van der Waals surface area contributed by atoms with E-state index in [1.54, 1.807) is 19.1 Å². The molecule has 1 N–H and O–H groups in total. The number of rotatable bonds is 6. The standard InChI is InChI=1S/C33H26ClNO4/c1-3-38-33(37)28-19(2)35-31-24-13-6-7-14-25(24)32(36)30(31)29(28)21-15-16-27(26(34)17-21)39-18-22-11-8-10-20-9-4-5-12-23(20)22/h4-17,29,35H,3,18H2,1-2H3/t29-/m1/s1. The van der Waals surface area contributed by atoms with Crippen molar-refractivity contribution in [2.75, 3.05) is 6.61 Å². The van der Waals surface area contributed by atoms with Gasteiger partial charge >= 0.3 is 5.97 Å². The molecule has 6 rings (SSSR count). The van der Waals surface area contributed by atoms with Crippen LogP contribution in [0.1, 0.15) is 46.8 Å². The summed E-state index contributed by atoms with van der Waals surface area (Å²) in [6.07, 6.45) is 0. The molecule has 1 heterocycles. The summed E-state index contributed by atoms with van der Waals surface area (Å²) in [6.45, 7) is 4.17. The summed E-state index contributed by atoms with van der Waals surface area (Å²) in [4.78, 5) is 26.8. The minimum absolute atomic E-state index is 0.111. The van der Waals surface area contributed by atoms with E-state index in [4.69, 9.17) is 21.1 Å². The average Bonchev–Trinajstić information content (AvgIpc) is 3.23. The van der Waals surface area contributed by atoms with E-state index in [0.717, 1.165) is 33.2 Å². The van der Waals surface area contributed by atoms with Gasteiger partial charge in [0, 0.05) is 28.3 Å². The number of halogens is 1. The van der Waals surface area contributed by atoms with Crippen molar-refractivity contribution in [2.45, 2.75) is 26.4 Å². The monoisotopic (exact) mass is 535 g/mol. The van der Waals surface area contributed by atoms with Gasteiger partial charge < -0.3 is 14.8 Å². The van der Waals surface area contributed by atoms with Gasteiger partial charge in [-0.3, -0.25) is 4.79 Å². The molecule has 0 fully saturated rings. The highest BCUT2D eigenvalue weighted by Crippen LogP contribution is 2.47. The Labute approximate surface area is 231 Å². The molecule has 0 unspecified atom stereocenters. The van der Waals surface area contributed by atoms with Gasteiger partial charge in [-0.1, -0.05) is 84.4 Å². The zero-order valence-electron chi connectivity index (χ0n) is 21.6. The molecule has 5 nitrogen and oxygen atoms in total. The molecule has 1 atom stereocenters. The molecule has 0 bridgehead atoms. The third kappa shape index (κ3) is 4.29. The molecule has 0 amide bonds. The molecule has 0 radical (unpaired) electrons. The highest BCUT2D eigenvalue weighted by atomic mass is 35.5. The molecule has 1 aliphatic carbocycles. The predicted molar refractivity (Wildman–Crippen MR) is 153 cm³/mol. The first-order chi connectivity index (χ1) is 19.0. The summed E-state index contributed by atoms with van der Waals surface area (Å²) in [5.41, 5.74) is 5.49. The number of benzene rings is 4. The second kappa shape index (κ2) is 10.1. The summed E-state index contributed by atoms with van der Waals surface area (Å²) >= 11 is 6.75. The highest BCUT2D eigenvalue weighted by Gasteiger charge is 2.43. The Balaban J connectivity index is 1.37. The topological polar surface area (TPSA) is 64.6 Å². The highest BCUT2D eigenvalue weighted by molar-refractivity contribution is 6.32. The summed E-state index contributed by atoms with van der Waals surface area (Å²) in [6, 6.07) is 27.2. The fourth-order valence-corrected chi connectivity index (χ4v) is 5.77. The van der Waals surface area contributed by atoms with Gasteiger partial charge in [0.25, 0.3) is 0 Å². The van der Waals surface area contributed by atoms with Gasteiger partial charge in [0.05, 0.1) is 22.9 Å². The van der Waals surface area contributed by atoms with Crippen LogP contribution in [0.25, 0.3) is 16.5 Å². The average molecular weight is 536 g/mol. The maximum atomic E-state index is 13.6. The normalized spacial score (nSPS) is 16.2. The smallest absolute Gasteiger partial charge is 0.336 e. The van der Waals surface area contributed by atoms with Crippen LogP contribution in [0.2, 0.25) is 5.02 Å². The number of carbonyl (C=O) groups excluding carboxylic acids is 2. The van der Waals surface area contributed by atoms with Gasteiger partial charge in [-0.05, 0) is 47.9 Å². The number of ether oxygens (including phenoxy) is 2. The first kappa shape index (κ1) is 25.0. The summed E-state index contributed by atoms with van der Waals surface area (Å²) < 4.78 is 11.6. The Morgan fingerprint density at radius 2 is 1.69 bits per heavy atom. The quantitative estimate of drug-likeness (QED) is 0.264. The zero-order chi connectivity index (χ0) is 27.1. The second-order valence-electron chi connectivity index (χ2n) is 9.60. The van der Waals surface area contributed by atoms with E-state index in [1.165, 1.54) is 0 Å². The van der Waals surface area contributed by atoms with E-state index in [0.29, 0.717) is 39.8 Å². The van der Waals surface area contributed by atoms with E-state index >= 15 is 0 Å². The first-order valence-corrected chi connectivity index (χ1v) is 13.3. The molecule has 0 saturated carbocycles. The first-order valence-electron chi connectivity index (χ1n) is 12.9. The fraction of sp³-hybridized carbons (Fsp3) is 0.152. The van der Waals surface area contributed by atoms with Gasteiger partial charge in [-0.2, -0.15) is 0 Å². The number of hydrogen-bond acceptors (Lipinski definition) is 5. The van der Waals surface area contributed by atoms with Gasteiger partial charge in [0.1, 0.15) is 12.4 Å². The SMILES string of the molecule is CCOC(=O)C1=C(C)NC2=C(C(=O)c3ccccc32)[C@@H]1c1ccc(OCc2cccc3ccccc23)c(Cl)c1. The minimum atomic E-state index is -0.634. The number of carbonyl (C=O) groups is 2. The molecule has 6 heteroatoms. The fourth-order valence-electron chi connectivity index (χ4n) is 5.53. The lowest BCUT2D eigenvalue weighted by Crippen LogP contribution is -2.29. The minimum Gasteiger partial charge on any atom is -0.487 e. The van der Waals surface area contributed by atoms with Crippen molar-refractivity contribution in [1.82, 2.24) is 5.32 Å².